The number of carboxylic acids is 1. The number of halogens is 3. The second-order valence-electron chi connectivity index (χ2n) is 13.2. The van der Waals surface area contributed by atoms with Crippen molar-refractivity contribution in [3.8, 4) is 11.3 Å². The molecule has 3 N–H and O–H groups in total. The van der Waals surface area contributed by atoms with Crippen LogP contribution in [0.15, 0.2) is 29.2 Å². The van der Waals surface area contributed by atoms with E-state index >= 15 is 0 Å². The maximum Gasteiger partial charge on any atom is 0.417 e. The Balaban J connectivity index is 1.76. The molecule has 2 fully saturated rings. The number of benzene rings is 1. The lowest BCUT2D eigenvalue weighted by atomic mass is 9.67. The van der Waals surface area contributed by atoms with E-state index in [-0.39, 0.29) is 24.4 Å². The first kappa shape index (κ1) is 32.1. The lowest BCUT2D eigenvalue weighted by Crippen LogP contribution is -2.52. The summed E-state index contributed by atoms with van der Waals surface area (Å²) in [6.45, 7) is 8.53. The molecule has 0 saturated heterocycles. The molecule has 2 aliphatic carbocycles. The predicted octanol–water partition coefficient (Wildman–Crippen LogP) is 6.12. The number of carbonyl (C=O) groups excluding carboxylic acids is 1. The zero-order valence-electron chi connectivity index (χ0n) is 24.7. The highest BCUT2D eigenvalue weighted by atomic mass is 32.2. The monoisotopic (exact) mass is 611 g/mol. The average molecular weight is 612 g/mol. The standard InChI is InChI=1S/C30H40F3N3O5S/c1-18-22(26(37)34-21-15-29(5,16-21)27(38)39)14-24(36(18)17-19-9-7-6-8-10-19)20-11-12-25(23(13-20)30(31,32)33)42(40,41)35-28(2,3)4/h11-14,19,21,35H,6-10,15-17H2,1-5H3,(H,34,37)(H,38,39). The molecule has 2 aromatic rings. The maximum absolute atomic E-state index is 14.3. The molecule has 42 heavy (non-hydrogen) atoms. The Morgan fingerprint density at radius 1 is 1.07 bits per heavy atom. The molecule has 0 aliphatic heterocycles. The molecule has 1 aromatic carbocycles. The zero-order chi connectivity index (χ0) is 31.3. The molecule has 232 valence electrons. The first-order valence-corrected chi connectivity index (χ1v) is 15.8. The normalized spacial score (nSPS) is 22.0. The number of alkyl halides is 3. The highest BCUT2D eigenvalue weighted by molar-refractivity contribution is 7.89. The van der Waals surface area contributed by atoms with Crippen molar-refractivity contribution in [2.45, 2.75) is 109 Å². The Kier molecular flexibility index (Phi) is 8.65. The van der Waals surface area contributed by atoms with E-state index in [1.165, 1.54) is 6.07 Å². The largest absolute Gasteiger partial charge is 0.481 e. The first-order valence-electron chi connectivity index (χ1n) is 14.3. The van der Waals surface area contributed by atoms with Gasteiger partial charge in [-0.3, -0.25) is 9.59 Å². The van der Waals surface area contributed by atoms with Crippen molar-refractivity contribution in [3.05, 3.63) is 41.1 Å². The second kappa shape index (κ2) is 11.3. The Labute approximate surface area is 245 Å². The predicted molar refractivity (Wildman–Crippen MR) is 152 cm³/mol. The van der Waals surface area contributed by atoms with E-state index in [0.717, 1.165) is 44.2 Å². The fourth-order valence-corrected chi connectivity index (χ4v) is 7.78. The molecule has 1 aromatic heterocycles. The SMILES string of the molecule is Cc1c(C(=O)NC2CC(C)(C(=O)O)C2)cc(-c2ccc(S(=O)(=O)NC(C)(C)C)c(C(F)(F)F)c2)n1CC1CCCCC1. The van der Waals surface area contributed by atoms with Crippen LogP contribution in [-0.2, 0) is 27.5 Å². The lowest BCUT2D eigenvalue weighted by Gasteiger charge is -2.41. The summed E-state index contributed by atoms with van der Waals surface area (Å²) in [7, 11) is -4.49. The number of amides is 1. The third-order valence-corrected chi connectivity index (χ3v) is 10.1. The van der Waals surface area contributed by atoms with Crippen molar-refractivity contribution in [1.82, 2.24) is 14.6 Å². The van der Waals surface area contributed by atoms with Crippen LogP contribution in [0.4, 0.5) is 13.2 Å². The molecule has 0 atom stereocenters. The van der Waals surface area contributed by atoms with E-state index in [1.807, 2.05) is 4.57 Å². The van der Waals surface area contributed by atoms with Gasteiger partial charge in [0.25, 0.3) is 5.91 Å². The fourth-order valence-electron chi connectivity index (χ4n) is 6.15. The number of sulfonamides is 1. The minimum Gasteiger partial charge on any atom is -0.481 e. The summed E-state index contributed by atoms with van der Waals surface area (Å²) in [5, 5.41) is 12.3. The van der Waals surface area contributed by atoms with Gasteiger partial charge in [-0.25, -0.2) is 13.1 Å². The van der Waals surface area contributed by atoms with E-state index in [4.69, 9.17) is 0 Å². The molecule has 1 heterocycles. The van der Waals surface area contributed by atoms with Gasteiger partial charge in [0.15, 0.2) is 0 Å². The van der Waals surface area contributed by atoms with Crippen LogP contribution in [0.2, 0.25) is 0 Å². The number of aromatic nitrogens is 1. The molecule has 4 rings (SSSR count). The van der Waals surface area contributed by atoms with Gasteiger partial charge in [0.05, 0.1) is 21.4 Å². The van der Waals surface area contributed by atoms with Gasteiger partial charge in [-0.15, -0.1) is 0 Å². The molecule has 1 amide bonds. The minimum absolute atomic E-state index is 0.150. The highest BCUT2D eigenvalue weighted by Crippen LogP contribution is 2.42. The number of carbonyl (C=O) groups is 2. The van der Waals surface area contributed by atoms with Crippen LogP contribution in [0.1, 0.15) is 94.3 Å². The summed E-state index contributed by atoms with van der Waals surface area (Å²) in [6, 6.07) is 4.40. The summed E-state index contributed by atoms with van der Waals surface area (Å²) < 4.78 is 73.0. The summed E-state index contributed by atoms with van der Waals surface area (Å²) in [5.41, 5.74) is -1.74. The zero-order valence-corrected chi connectivity index (χ0v) is 25.5. The number of aliphatic carboxylic acids is 1. The van der Waals surface area contributed by atoms with Crippen molar-refractivity contribution in [2.75, 3.05) is 0 Å². The first-order chi connectivity index (χ1) is 19.3. The Bertz CT molecular complexity index is 1460. The number of carboxylic acid groups (broad SMARTS) is 1. The van der Waals surface area contributed by atoms with Gasteiger partial charge in [0, 0.05) is 29.5 Å². The van der Waals surface area contributed by atoms with Crippen LogP contribution in [0, 0.1) is 18.3 Å². The van der Waals surface area contributed by atoms with Crippen LogP contribution in [-0.4, -0.2) is 41.5 Å². The Morgan fingerprint density at radius 2 is 1.69 bits per heavy atom. The average Bonchev–Trinajstić information content (AvgIpc) is 3.17. The summed E-state index contributed by atoms with van der Waals surface area (Å²) in [4.78, 5) is 24.0. The molecule has 0 spiro atoms. The van der Waals surface area contributed by atoms with Crippen molar-refractivity contribution in [3.63, 3.8) is 0 Å². The van der Waals surface area contributed by atoms with Crippen molar-refractivity contribution < 1.29 is 36.3 Å². The van der Waals surface area contributed by atoms with Crippen molar-refractivity contribution in [2.24, 2.45) is 11.3 Å². The van der Waals surface area contributed by atoms with Crippen LogP contribution >= 0.6 is 0 Å². The number of hydrogen-bond acceptors (Lipinski definition) is 4. The second-order valence-corrected chi connectivity index (χ2v) is 14.8. The van der Waals surface area contributed by atoms with Gasteiger partial charge in [-0.1, -0.05) is 25.3 Å². The van der Waals surface area contributed by atoms with Crippen LogP contribution in [0.5, 0.6) is 0 Å². The molecule has 0 unspecified atom stereocenters. The van der Waals surface area contributed by atoms with Gasteiger partial charge in [-0.05, 0) is 90.0 Å². The van der Waals surface area contributed by atoms with Gasteiger partial charge in [0.1, 0.15) is 0 Å². The van der Waals surface area contributed by atoms with E-state index in [9.17, 15) is 36.3 Å². The van der Waals surface area contributed by atoms with Gasteiger partial charge < -0.3 is 15.0 Å². The van der Waals surface area contributed by atoms with Gasteiger partial charge in [-0.2, -0.15) is 13.2 Å². The number of nitrogens with one attached hydrogen (secondary N) is 2. The van der Waals surface area contributed by atoms with Crippen molar-refractivity contribution >= 4 is 21.9 Å². The molecular weight excluding hydrogens is 571 g/mol. The smallest absolute Gasteiger partial charge is 0.417 e. The Hall–Kier alpha value is -2.86. The fraction of sp³-hybridized carbons (Fsp3) is 0.600. The van der Waals surface area contributed by atoms with E-state index < -0.39 is 49.5 Å². The molecule has 2 saturated carbocycles. The van der Waals surface area contributed by atoms with E-state index in [0.29, 0.717) is 29.4 Å². The molecule has 0 bridgehead atoms. The van der Waals surface area contributed by atoms with Gasteiger partial charge in [0.2, 0.25) is 10.0 Å². The van der Waals surface area contributed by atoms with Crippen LogP contribution in [0.3, 0.4) is 0 Å². The minimum atomic E-state index is -4.95. The number of hydrogen-bond donors (Lipinski definition) is 3. The number of rotatable bonds is 8. The highest BCUT2D eigenvalue weighted by Gasteiger charge is 2.47. The topological polar surface area (TPSA) is 118 Å². The van der Waals surface area contributed by atoms with Crippen LogP contribution in [0.25, 0.3) is 11.3 Å². The summed E-state index contributed by atoms with van der Waals surface area (Å²) >= 11 is 0. The van der Waals surface area contributed by atoms with E-state index in [1.54, 1.807) is 40.7 Å². The molecule has 0 radical (unpaired) electrons. The van der Waals surface area contributed by atoms with Crippen LogP contribution < -0.4 is 10.0 Å². The summed E-state index contributed by atoms with van der Waals surface area (Å²) in [6.07, 6.45) is 0.815. The molecular formula is C30H40F3N3O5S. The van der Waals surface area contributed by atoms with E-state index in [2.05, 4.69) is 10.0 Å². The third-order valence-electron chi connectivity index (χ3n) is 8.33. The maximum atomic E-state index is 14.3. The summed E-state index contributed by atoms with van der Waals surface area (Å²) in [5.74, 6) is -1.05. The molecule has 8 nitrogen and oxygen atoms in total. The molecule has 2 aliphatic rings. The van der Waals surface area contributed by atoms with Gasteiger partial charge >= 0.3 is 12.1 Å². The van der Waals surface area contributed by atoms with Crippen molar-refractivity contribution in [1.29, 1.82) is 0 Å². The molecule has 12 heteroatoms. The Morgan fingerprint density at radius 3 is 2.24 bits per heavy atom. The quantitative estimate of drug-likeness (QED) is 0.332. The lowest BCUT2D eigenvalue weighted by molar-refractivity contribution is -0.154. The third kappa shape index (κ3) is 6.85. The number of nitrogens with zero attached hydrogens (tertiary/aromatic N) is 1.